The molecule has 22 heavy (non-hydrogen) atoms. The SMILES string of the molecule is O=P([O-])(OC(F)(F)F)C(Cc1ccccc1)c1ccccc1. The summed E-state index contributed by atoms with van der Waals surface area (Å²) < 4.78 is 52.6. The van der Waals surface area contributed by atoms with Gasteiger partial charge in [-0.25, -0.2) is 4.52 Å². The topological polar surface area (TPSA) is 49.4 Å². The van der Waals surface area contributed by atoms with Crippen LogP contribution in [0.3, 0.4) is 0 Å². The molecule has 118 valence electrons. The fraction of sp³-hybridized carbons (Fsp3) is 0.200. The summed E-state index contributed by atoms with van der Waals surface area (Å²) in [6.45, 7) is 0. The summed E-state index contributed by atoms with van der Waals surface area (Å²) in [7, 11) is -5.19. The Bertz CT molecular complexity index is 644. The Hall–Kier alpha value is -1.62. The van der Waals surface area contributed by atoms with Gasteiger partial charge in [0.05, 0.1) is 5.66 Å². The van der Waals surface area contributed by atoms with Crippen LogP contribution in [0, 0.1) is 0 Å². The summed E-state index contributed by atoms with van der Waals surface area (Å²) in [5, 5.41) is 0. The average molecular weight is 329 g/mol. The summed E-state index contributed by atoms with van der Waals surface area (Å²) in [4.78, 5) is 12.0. The van der Waals surface area contributed by atoms with Gasteiger partial charge in [0.25, 0.3) is 0 Å². The second-order valence-corrected chi connectivity index (χ2v) is 6.58. The molecule has 0 amide bonds. The summed E-state index contributed by atoms with van der Waals surface area (Å²) >= 11 is 0. The van der Waals surface area contributed by atoms with Crippen molar-refractivity contribution in [2.45, 2.75) is 18.4 Å². The normalized spacial score (nSPS) is 16.0. The molecule has 0 aliphatic rings. The third kappa shape index (κ3) is 4.70. The zero-order chi connectivity index (χ0) is 16.2. The van der Waals surface area contributed by atoms with Crippen molar-refractivity contribution in [2.75, 3.05) is 0 Å². The van der Waals surface area contributed by atoms with Crippen LogP contribution in [0.4, 0.5) is 13.2 Å². The minimum Gasteiger partial charge on any atom is -0.778 e. The van der Waals surface area contributed by atoms with Crippen LogP contribution in [0.1, 0.15) is 16.8 Å². The van der Waals surface area contributed by atoms with E-state index in [1.807, 2.05) is 0 Å². The third-order valence-electron chi connectivity index (χ3n) is 3.07. The van der Waals surface area contributed by atoms with E-state index in [0.29, 0.717) is 5.56 Å². The Labute approximate surface area is 125 Å². The lowest BCUT2D eigenvalue weighted by atomic mass is 10.0. The van der Waals surface area contributed by atoms with Crippen molar-refractivity contribution in [3.05, 3.63) is 71.8 Å². The Morgan fingerprint density at radius 3 is 2.00 bits per heavy atom. The van der Waals surface area contributed by atoms with E-state index in [0.717, 1.165) is 0 Å². The van der Waals surface area contributed by atoms with Gasteiger partial charge >= 0.3 is 6.36 Å². The maximum Gasteiger partial charge on any atom is 0.527 e. The van der Waals surface area contributed by atoms with Crippen molar-refractivity contribution in [3.63, 3.8) is 0 Å². The number of alkyl halides is 3. The minimum absolute atomic E-state index is 0.0955. The van der Waals surface area contributed by atoms with E-state index in [9.17, 15) is 22.6 Å². The number of halogens is 3. The van der Waals surface area contributed by atoms with Crippen molar-refractivity contribution in [1.29, 1.82) is 0 Å². The van der Waals surface area contributed by atoms with E-state index in [2.05, 4.69) is 4.52 Å². The van der Waals surface area contributed by atoms with Crippen LogP contribution in [0.2, 0.25) is 0 Å². The molecule has 0 aliphatic heterocycles. The van der Waals surface area contributed by atoms with Crippen LogP contribution >= 0.6 is 7.60 Å². The third-order valence-corrected chi connectivity index (χ3v) is 4.77. The summed E-state index contributed by atoms with van der Waals surface area (Å²) in [6, 6.07) is 16.2. The number of hydrogen-bond acceptors (Lipinski definition) is 3. The molecular weight excluding hydrogens is 316 g/mol. The molecule has 0 radical (unpaired) electrons. The van der Waals surface area contributed by atoms with Gasteiger partial charge in [-0.2, -0.15) is 0 Å². The summed E-state index contributed by atoms with van der Waals surface area (Å²) in [6.07, 6.45) is -5.33. The van der Waals surface area contributed by atoms with Crippen molar-refractivity contribution < 1.29 is 27.2 Å². The Balaban J connectivity index is 2.36. The molecule has 2 aromatic carbocycles. The first-order chi connectivity index (χ1) is 10.3. The molecule has 2 atom stereocenters. The zero-order valence-electron chi connectivity index (χ0n) is 11.4. The van der Waals surface area contributed by atoms with Crippen LogP contribution in [0.15, 0.2) is 60.7 Å². The smallest absolute Gasteiger partial charge is 0.527 e. The molecule has 0 heterocycles. The number of benzene rings is 2. The highest BCUT2D eigenvalue weighted by atomic mass is 31.2. The molecule has 2 unspecified atom stereocenters. The van der Waals surface area contributed by atoms with E-state index in [1.54, 1.807) is 48.5 Å². The first-order valence-electron chi connectivity index (χ1n) is 6.45. The van der Waals surface area contributed by atoms with Gasteiger partial charge in [0, 0.05) is 0 Å². The minimum atomic E-state index is -5.24. The van der Waals surface area contributed by atoms with Crippen LogP contribution in [-0.4, -0.2) is 6.36 Å². The predicted molar refractivity (Wildman–Crippen MR) is 74.1 cm³/mol. The van der Waals surface area contributed by atoms with Gasteiger partial charge in [0.2, 0.25) is 0 Å². The van der Waals surface area contributed by atoms with Crippen molar-refractivity contribution in [1.82, 2.24) is 0 Å². The molecule has 0 aliphatic carbocycles. The van der Waals surface area contributed by atoms with Crippen molar-refractivity contribution in [2.24, 2.45) is 0 Å². The van der Waals surface area contributed by atoms with Crippen molar-refractivity contribution in [3.8, 4) is 0 Å². The van der Waals surface area contributed by atoms with E-state index >= 15 is 0 Å². The second kappa shape index (κ2) is 6.65. The van der Waals surface area contributed by atoms with Crippen LogP contribution in [-0.2, 0) is 15.5 Å². The van der Waals surface area contributed by atoms with Gasteiger partial charge in [-0.15, -0.1) is 13.2 Å². The molecule has 2 aromatic rings. The van der Waals surface area contributed by atoms with E-state index in [1.165, 1.54) is 12.1 Å². The van der Waals surface area contributed by atoms with Gasteiger partial charge in [0.1, 0.15) is 0 Å². The highest BCUT2D eigenvalue weighted by Gasteiger charge is 2.39. The van der Waals surface area contributed by atoms with Crippen molar-refractivity contribution >= 4 is 7.60 Å². The van der Waals surface area contributed by atoms with E-state index in [4.69, 9.17) is 0 Å². The van der Waals surface area contributed by atoms with Gasteiger partial charge in [0.15, 0.2) is 7.60 Å². The number of hydrogen-bond donors (Lipinski definition) is 0. The Morgan fingerprint density at radius 1 is 1.00 bits per heavy atom. The molecule has 3 nitrogen and oxygen atoms in total. The second-order valence-electron chi connectivity index (χ2n) is 4.69. The molecule has 0 spiro atoms. The lowest BCUT2D eigenvalue weighted by molar-refractivity contribution is -0.310. The van der Waals surface area contributed by atoms with Gasteiger partial charge in [-0.05, 0) is 17.5 Å². The summed E-state index contributed by atoms with van der Waals surface area (Å²) in [5.41, 5.74) is -0.537. The first-order valence-corrected chi connectivity index (χ1v) is 8.06. The zero-order valence-corrected chi connectivity index (χ0v) is 12.3. The monoisotopic (exact) mass is 329 g/mol. The molecule has 0 aromatic heterocycles. The molecule has 0 N–H and O–H groups in total. The first kappa shape index (κ1) is 16.7. The Kier molecular flexibility index (Phi) is 5.06. The van der Waals surface area contributed by atoms with Crippen LogP contribution < -0.4 is 4.89 Å². The van der Waals surface area contributed by atoms with Gasteiger partial charge < -0.3 is 9.46 Å². The largest absolute Gasteiger partial charge is 0.778 e. The maximum atomic E-state index is 12.4. The van der Waals surface area contributed by atoms with Crippen LogP contribution in [0.25, 0.3) is 0 Å². The van der Waals surface area contributed by atoms with E-state index in [-0.39, 0.29) is 12.0 Å². The van der Waals surface area contributed by atoms with Gasteiger partial charge in [-0.1, -0.05) is 60.7 Å². The lowest BCUT2D eigenvalue weighted by Crippen LogP contribution is -2.22. The molecule has 0 saturated carbocycles. The van der Waals surface area contributed by atoms with Gasteiger partial charge in [-0.3, -0.25) is 0 Å². The molecule has 0 fully saturated rings. The fourth-order valence-corrected chi connectivity index (χ4v) is 3.52. The standard InChI is InChI=1S/C15H14F3O3P/c16-15(17,18)21-22(19,20)14(13-9-5-2-6-10-13)11-12-7-3-1-4-8-12/h1-10,14H,11H2,(H,19,20)/p-1. The van der Waals surface area contributed by atoms with Crippen LogP contribution in [0.5, 0.6) is 0 Å². The van der Waals surface area contributed by atoms with E-state index < -0.39 is 19.6 Å². The molecule has 2 rings (SSSR count). The predicted octanol–water partition coefficient (Wildman–Crippen LogP) is 4.06. The highest BCUT2D eigenvalue weighted by molar-refractivity contribution is 7.51. The quantitative estimate of drug-likeness (QED) is 0.777. The lowest BCUT2D eigenvalue weighted by Gasteiger charge is -2.32. The highest BCUT2D eigenvalue weighted by Crippen LogP contribution is 2.57. The fourth-order valence-electron chi connectivity index (χ4n) is 2.13. The molecular formula is C15H13F3O3P-. The molecule has 0 bridgehead atoms. The number of rotatable bonds is 5. The Morgan fingerprint density at radius 2 is 1.50 bits per heavy atom. The average Bonchev–Trinajstić information content (AvgIpc) is 2.44. The molecule has 0 saturated heterocycles. The maximum absolute atomic E-state index is 12.4. The summed E-state index contributed by atoms with van der Waals surface area (Å²) in [5.74, 6) is 0. The molecule has 7 heteroatoms.